The van der Waals surface area contributed by atoms with Crippen molar-refractivity contribution in [2.24, 2.45) is 0 Å². The lowest BCUT2D eigenvalue weighted by molar-refractivity contribution is -0.138. The maximum atomic E-state index is 14.1. The van der Waals surface area contributed by atoms with E-state index in [0.29, 0.717) is 36.0 Å². The standard InChI is InChI=1S/C34H29F3N2O4/c1-23-31(38-32(43-23)24-10-5-3-6-11-24)20-21-42-27-18-16-26(17-19-27)39(25-12-7-4-8-13-25)22-29-28(33(40)41-2)14-9-15-30(29)34(35,36)37/h3-19H,20-22H2,1-2H3. The van der Waals surface area contributed by atoms with Gasteiger partial charge in [0.1, 0.15) is 11.5 Å². The lowest BCUT2D eigenvalue weighted by atomic mass is 9.99. The zero-order valence-electron chi connectivity index (χ0n) is 23.6. The third-order valence-electron chi connectivity index (χ3n) is 6.94. The van der Waals surface area contributed by atoms with Gasteiger partial charge >= 0.3 is 12.1 Å². The minimum absolute atomic E-state index is 0.142. The van der Waals surface area contributed by atoms with Gasteiger partial charge < -0.3 is 18.8 Å². The molecule has 0 aliphatic rings. The van der Waals surface area contributed by atoms with Crippen molar-refractivity contribution in [1.29, 1.82) is 0 Å². The fourth-order valence-electron chi connectivity index (χ4n) is 4.77. The summed E-state index contributed by atoms with van der Waals surface area (Å²) in [5.74, 6) is 1.03. The second-order valence-corrected chi connectivity index (χ2v) is 9.72. The molecule has 9 heteroatoms. The van der Waals surface area contributed by atoms with E-state index in [1.165, 1.54) is 12.1 Å². The quantitative estimate of drug-likeness (QED) is 0.153. The number of rotatable bonds is 10. The number of anilines is 2. The highest BCUT2D eigenvalue weighted by molar-refractivity contribution is 5.91. The molecule has 0 aliphatic heterocycles. The number of carbonyl (C=O) groups excluding carboxylic acids is 1. The van der Waals surface area contributed by atoms with Gasteiger partial charge in [0.25, 0.3) is 0 Å². The Morgan fingerprint density at radius 2 is 1.51 bits per heavy atom. The Hall–Kier alpha value is -5.05. The van der Waals surface area contributed by atoms with Crippen molar-refractivity contribution in [1.82, 2.24) is 4.98 Å². The molecule has 0 amide bonds. The summed E-state index contributed by atoms with van der Waals surface area (Å²) in [5.41, 5.74) is 1.75. The average molecular weight is 587 g/mol. The Morgan fingerprint density at radius 3 is 2.16 bits per heavy atom. The van der Waals surface area contributed by atoms with Crippen molar-refractivity contribution in [3.8, 4) is 17.2 Å². The number of alkyl halides is 3. The number of aryl methyl sites for hydroxylation is 1. The molecule has 1 aromatic heterocycles. The van der Waals surface area contributed by atoms with Crippen molar-refractivity contribution in [3.63, 3.8) is 0 Å². The summed E-state index contributed by atoms with van der Waals surface area (Å²) < 4.78 is 58.8. The van der Waals surface area contributed by atoms with Gasteiger partial charge in [-0.2, -0.15) is 13.2 Å². The van der Waals surface area contributed by atoms with Crippen LogP contribution in [0, 0.1) is 6.92 Å². The van der Waals surface area contributed by atoms with Crippen LogP contribution in [0.1, 0.15) is 32.9 Å². The molecule has 1 heterocycles. The molecule has 0 saturated heterocycles. The smallest absolute Gasteiger partial charge is 0.416 e. The monoisotopic (exact) mass is 586 g/mol. The molecular weight excluding hydrogens is 557 g/mol. The molecule has 5 aromatic rings. The predicted octanol–water partition coefficient (Wildman–Crippen LogP) is 8.42. The maximum Gasteiger partial charge on any atom is 0.416 e. The summed E-state index contributed by atoms with van der Waals surface area (Å²) in [6.07, 6.45) is -4.13. The van der Waals surface area contributed by atoms with E-state index < -0.39 is 17.7 Å². The molecule has 0 saturated carbocycles. The van der Waals surface area contributed by atoms with Gasteiger partial charge in [0.2, 0.25) is 5.89 Å². The van der Waals surface area contributed by atoms with Gasteiger partial charge in [-0.05, 0) is 73.2 Å². The van der Waals surface area contributed by atoms with Crippen molar-refractivity contribution in [2.75, 3.05) is 18.6 Å². The van der Waals surface area contributed by atoms with Gasteiger partial charge in [0, 0.05) is 29.9 Å². The maximum absolute atomic E-state index is 14.1. The predicted molar refractivity (Wildman–Crippen MR) is 157 cm³/mol. The fourth-order valence-corrected chi connectivity index (χ4v) is 4.77. The number of nitrogens with zero attached hydrogens (tertiary/aromatic N) is 2. The van der Waals surface area contributed by atoms with Crippen LogP contribution in [0.4, 0.5) is 24.5 Å². The molecule has 6 nitrogen and oxygen atoms in total. The zero-order valence-corrected chi connectivity index (χ0v) is 23.6. The average Bonchev–Trinajstić information content (AvgIpc) is 3.40. The van der Waals surface area contributed by atoms with Gasteiger partial charge in [0.05, 0.1) is 30.5 Å². The first-order valence-corrected chi connectivity index (χ1v) is 13.6. The topological polar surface area (TPSA) is 64.8 Å². The van der Waals surface area contributed by atoms with Crippen LogP contribution >= 0.6 is 0 Å². The summed E-state index contributed by atoms with van der Waals surface area (Å²) in [6, 6.07) is 29.2. The number of ether oxygens (including phenoxy) is 2. The number of benzene rings is 4. The molecule has 0 unspecified atom stereocenters. The minimum atomic E-state index is -4.66. The number of hydrogen-bond acceptors (Lipinski definition) is 6. The Morgan fingerprint density at radius 1 is 0.860 bits per heavy atom. The normalized spacial score (nSPS) is 11.3. The third kappa shape index (κ3) is 6.89. The highest BCUT2D eigenvalue weighted by Crippen LogP contribution is 2.37. The van der Waals surface area contributed by atoms with Gasteiger partial charge in [-0.25, -0.2) is 9.78 Å². The SMILES string of the molecule is COC(=O)c1cccc(C(F)(F)F)c1CN(c1ccccc1)c1ccc(OCCc2nc(-c3ccccc3)oc2C)cc1. The summed E-state index contributed by atoms with van der Waals surface area (Å²) >= 11 is 0. The number of halogens is 3. The lowest BCUT2D eigenvalue weighted by Gasteiger charge is -2.28. The molecule has 220 valence electrons. The molecule has 0 radical (unpaired) electrons. The molecule has 4 aromatic carbocycles. The van der Waals surface area contributed by atoms with Gasteiger partial charge in [-0.3, -0.25) is 0 Å². The Bertz CT molecular complexity index is 1670. The van der Waals surface area contributed by atoms with Gasteiger partial charge in [0.15, 0.2) is 0 Å². The van der Waals surface area contributed by atoms with E-state index in [9.17, 15) is 18.0 Å². The largest absolute Gasteiger partial charge is 0.493 e. The number of oxazole rings is 1. The molecule has 0 spiro atoms. The van der Waals surface area contributed by atoms with E-state index in [1.54, 1.807) is 53.4 Å². The second kappa shape index (κ2) is 12.9. The minimum Gasteiger partial charge on any atom is -0.493 e. The Labute approximate surface area is 247 Å². The number of para-hydroxylation sites is 1. The van der Waals surface area contributed by atoms with E-state index in [1.807, 2.05) is 43.3 Å². The lowest BCUT2D eigenvalue weighted by Crippen LogP contribution is -2.23. The number of hydrogen-bond donors (Lipinski definition) is 0. The van der Waals surface area contributed by atoms with Crippen LogP contribution in [0.5, 0.6) is 5.75 Å². The van der Waals surface area contributed by atoms with Crippen molar-refractivity contribution in [2.45, 2.75) is 26.1 Å². The highest BCUT2D eigenvalue weighted by Gasteiger charge is 2.36. The van der Waals surface area contributed by atoms with E-state index in [4.69, 9.17) is 13.9 Å². The second-order valence-electron chi connectivity index (χ2n) is 9.72. The van der Waals surface area contributed by atoms with Crippen LogP contribution in [0.15, 0.2) is 108 Å². The molecule has 5 rings (SSSR count). The molecule has 0 atom stereocenters. The highest BCUT2D eigenvalue weighted by atomic mass is 19.4. The first-order chi connectivity index (χ1) is 20.7. The third-order valence-corrected chi connectivity index (χ3v) is 6.94. The molecule has 0 aliphatic carbocycles. The number of aromatic nitrogens is 1. The van der Waals surface area contributed by atoms with Crippen molar-refractivity contribution >= 4 is 17.3 Å². The zero-order chi connectivity index (χ0) is 30.4. The van der Waals surface area contributed by atoms with Crippen LogP contribution in [-0.2, 0) is 23.9 Å². The van der Waals surface area contributed by atoms with Gasteiger partial charge in [-0.15, -0.1) is 0 Å². The summed E-state index contributed by atoms with van der Waals surface area (Å²) in [7, 11) is 1.15. The van der Waals surface area contributed by atoms with Crippen LogP contribution in [0.25, 0.3) is 11.5 Å². The number of esters is 1. The molecule has 0 bridgehead atoms. The summed E-state index contributed by atoms with van der Waals surface area (Å²) in [4.78, 5) is 18.8. The van der Waals surface area contributed by atoms with Crippen LogP contribution in [-0.4, -0.2) is 24.7 Å². The first kappa shape index (κ1) is 29.4. The van der Waals surface area contributed by atoms with Crippen LogP contribution in [0.2, 0.25) is 0 Å². The Balaban J connectivity index is 1.36. The van der Waals surface area contributed by atoms with Crippen LogP contribution in [0.3, 0.4) is 0 Å². The molecule has 0 N–H and O–H groups in total. The van der Waals surface area contributed by atoms with Gasteiger partial charge in [-0.1, -0.05) is 42.5 Å². The summed E-state index contributed by atoms with van der Waals surface area (Å²) in [6.45, 7) is 1.99. The summed E-state index contributed by atoms with van der Waals surface area (Å²) in [5, 5.41) is 0. The van der Waals surface area contributed by atoms with E-state index in [2.05, 4.69) is 4.98 Å². The first-order valence-electron chi connectivity index (χ1n) is 13.6. The van der Waals surface area contributed by atoms with E-state index in [0.717, 1.165) is 30.2 Å². The van der Waals surface area contributed by atoms with Crippen molar-refractivity contribution in [3.05, 3.63) is 131 Å². The molecular formula is C34H29F3N2O4. The number of carbonyl (C=O) groups is 1. The fraction of sp³-hybridized carbons (Fsp3) is 0.176. The van der Waals surface area contributed by atoms with E-state index in [-0.39, 0.29) is 17.7 Å². The van der Waals surface area contributed by atoms with Crippen molar-refractivity contribution < 1.29 is 31.9 Å². The Kier molecular flexibility index (Phi) is 8.80. The van der Waals surface area contributed by atoms with Crippen LogP contribution < -0.4 is 9.64 Å². The van der Waals surface area contributed by atoms with E-state index >= 15 is 0 Å². The number of methoxy groups -OCH3 is 1. The molecule has 0 fully saturated rings. The molecule has 43 heavy (non-hydrogen) atoms.